The molecule has 1 spiro atoms. The number of aromatic nitrogens is 1. The molecular formula is C22H26F4N2O5. The van der Waals surface area contributed by atoms with Crippen LogP contribution in [0.3, 0.4) is 0 Å². The van der Waals surface area contributed by atoms with Crippen molar-refractivity contribution in [3.8, 4) is 5.88 Å². The highest BCUT2D eigenvalue weighted by atomic mass is 19.4. The van der Waals surface area contributed by atoms with E-state index < -0.39 is 18.0 Å². The first kappa shape index (κ1) is 25.0. The topological polar surface area (TPSA) is 85.0 Å². The number of alkyl halides is 3. The summed E-state index contributed by atoms with van der Waals surface area (Å²) in [5.41, 5.74) is 1.18. The molecule has 11 heteroatoms. The normalized spacial score (nSPS) is 20.3. The van der Waals surface area contributed by atoms with Gasteiger partial charge in [0.1, 0.15) is 0 Å². The fourth-order valence-corrected chi connectivity index (χ4v) is 4.25. The molecule has 182 valence electrons. The monoisotopic (exact) mass is 474 g/mol. The van der Waals surface area contributed by atoms with Crippen LogP contribution in [0.15, 0.2) is 41.3 Å². The van der Waals surface area contributed by atoms with Crippen molar-refractivity contribution in [2.24, 2.45) is 5.92 Å². The largest absolute Gasteiger partial charge is 0.490 e. The Morgan fingerprint density at radius 1 is 1.30 bits per heavy atom. The van der Waals surface area contributed by atoms with Crippen LogP contribution in [-0.4, -0.2) is 59.0 Å². The van der Waals surface area contributed by atoms with Gasteiger partial charge in [-0.25, -0.2) is 14.2 Å². The molecule has 0 amide bonds. The quantitative estimate of drug-likeness (QED) is 0.626. The van der Waals surface area contributed by atoms with Crippen molar-refractivity contribution in [1.82, 2.24) is 9.88 Å². The Kier molecular flexibility index (Phi) is 8.30. The second-order valence-corrected chi connectivity index (χ2v) is 8.04. The summed E-state index contributed by atoms with van der Waals surface area (Å²) in [7, 11) is 0. The van der Waals surface area contributed by atoms with Gasteiger partial charge in [0.2, 0.25) is 5.88 Å². The lowest BCUT2D eigenvalue weighted by Gasteiger charge is -2.42. The van der Waals surface area contributed by atoms with Crippen molar-refractivity contribution < 1.29 is 41.4 Å². The average molecular weight is 474 g/mol. The Balaban J connectivity index is 0.000000383. The van der Waals surface area contributed by atoms with E-state index in [1.54, 1.807) is 18.5 Å². The van der Waals surface area contributed by atoms with Gasteiger partial charge in [0, 0.05) is 38.0 Å². The third-order valence-corrected chi connectivity index (χ3v) is 5.96. The SMILES string of the molecule is Fc1cccnc1OCCC1CCOC12CCN(Cc1ccoc1)CC2.O=C(O)C(F)(F)F. The smallest absolute Gasteiger partial charge is 0.476 e. The Labute approximate surface area is 188 Å². The maximum absolute atomic E-state index is 13.6. The molecule has 2 fully saturated rings. The molecule has 2 aliphatic heterocycles. The lowest BCUT2D eigenvalue weighted by molar-refractivity contribution is -0.192. The van der Waals surface area contributed by atoms with Crippen LogP contribution in [0.25, 0.3) is 0 Å². The number of piperidine rings is 1. The molecule has 33 heavy (non-hydrogen) atoms. The first-order valence-electron chi connectivity index (χ1n) is 10.6. The molecule has 0 aliphatic carbocycles. The summed E-state index contributed by atoms with van der Waals surface area (Å²) < 4.78 is 62.3. The third-order valence-electron chi connectivity index (χ3n) is 5.96. The van der Waals surface area contributed by atoms with Gasteiger partial charge in [0.25, 0.3) is 0 Å². The van der Waals surface area contributed by atoms with Crippen molar-refractivity contribution in [3.05, 3.63) is 48.3 Å². The maximum Gasteiger partial charge on any atom is 0.490 e. The Morgan fingerprint density at radius 2 is 2.03 bits per heavy atom. The van der Waals surface area contributed by atoms with Gasteiger partial charge in [-0.05, 0) is 49.8 Å². The first-order valence-corrected chi connectivity index (χ1v) is 10.6. The maximum atomic E-state index is 13.6. The zero-order chi connectivity index (χ0) is 23.9. The number of carboxylic acid groups (broad SMARTS) is 1. The minimum Gasteiger partial charge on any atom is -0.476 e. The van der Waals surface area contributed by atoms with Gasteiger partial charge < -0.3 is 19.0 Å². The molecule has 2 aromatic heterocycles. The Bertz CT molecular complexity index is 883. The highest BCUT2D eigenvalue weighted by Gasteiger charge is 2.45. The van der Waals surface area contributed by atoms with Gasteiger partial charge in [0.15, 0.2) is 5.82 Å². The van der Waals surface area contributed by atoms with Crippen molar-refractivity contribution in [2.45, 2.75) is 44.0 Å². The minimum absolute atomic E-state index is 0.0427. The highest BCUT2D eigenvalue weighted by molar-refractivity contribution is 5.73. The lowest BCUT2D eigenvalue weighted by Crippen LogP contribution is -2.47. The molecule has 0 bridgehead atoms. The summed E-state index contributed by atoms with van der Waals surface area (Å²) in [5.74, 6) is -2.61. The molecular weight excluding hydrogens is 448 g/mol. The van der Waals surface area contributed by atoms with Crippen LogP contribution in [0, 0.1) is 11.7 Å². The zero-order valence-corrected chi connectivity index (χ0v) is 17.9. The van der Waals surface area contributed by atoms with Gasteiger partial charge in [-0.3, -0.25) is 4.90 Å². The minimum atomic E-state index is -5.08. The van der Waals surface area contributed by atoms with E-state index in [1.165, 1.54) is 11.6 Å². The van der Waals surface area contributed by atoms with Crippen LogP contribution >= 0.6 is 0 Å². The number of ether oxygens (including phenoxy) is 2. The number of hydrogen-bond donors (Lipinski definition) is 1. The number of carbonyl (C=O) groups is 1. The molecule has 2 aliphatic rings. The predicted molar refractivity (Wildman–Crippen MR) is 108 cm³/mol. The summed E-state index contributed by atoms with van der Waals surface area (Å²) in [4.78, 5) is 15.3. The fourth-order valence-electron chi connectivity index (χ4n) is 4.25. The van der Waals surface area contributed by atoms with E-state index in [1.807, 2.05) is 12.3 Å². The number of rotatable bonds is 6. The molecule has 4 heterocycles. The van der Waals surface area contributed by atoms with Crippen LogP contribution in [0.1, 0.15) is 31.2 Å². The molecule has 4 rings (SSSR count). The van der Waals surface area contributed by atoms with E-state index in [2.05, 4.69) is 9.88 Å². The molecule has 0 saturated carbocycles. The molecule has 7 nitrogen and oxygen atoms in total. The van der Waals surface area contributed by atoms with Gasteiger partial charge in [-0.1, -0.05) is 0 Å². The molecule has 1 atom stereocenters. The van der Waals surface area contributed by atoms with Crippen LogP contribution < -0.4 is 4.74 Å². The number of halogens is 4. The second-order valence-electron chi connectivity index (χ2n) is 8.04. The lowest BCUT2D eigenvalue weighted by atomic mass is 9.78. The Hall–Kier alpha value is -2.66. The number of pyridine rings is 1. The van der Waals surface area contributed by atoms with Crippen LogP contribution in [0.2, 0.25) is 0 Å². The van der Waals surface area contributed by atoms with Gasteiger partial charge >= 0.3 is 12.1 Å². The number of aliphatic carboxylic acids is 1. The van der Waals surface area contributed by atoms with Crippen molar-refractivity contribution in [2.75, 3.05) is 26.3 Å². The van der Waals surface area contributed by atoms with Crippen molar-refractivity contribution in [1.29, 1.82) is 0 Å². The number of carboxylic acids is 1. The van der Waals surface area contributed by atoms with Crippen molar-refractivity contribution >= 4 is 5.97 Å². The summed E-state index contributed by atoms with van der Waals surface area (Å²) in [5, 5.41) is 7.12. The van der Waals surface area contributed by atoms with Crippen LogP contribution in [-0.2, 0) is 16.1 Å². The van der Waals surface area contributed by atoms with Crippen molar-refractivity contribution in [3.63, 3.8) is 0 Å². The fraction of sp³-hybridized carbons (Fsp3) is 0.545. The van der Waals surface area contributed by atoms with E-state index in [-0.39, 0.29) is 11.5 Å². The van der Waals surface area contributed by atoms with E-state index >= 15 is 0 Å². The average Bonchev–Trinajstić information content (AvgIpc) is 3.41. The molecule has 0 aromatic carbocycles. The third kappa shape index (κ3) is 6.91. The number of nitrogens with zero attached hydrogens (tertiary/aromatic N) is 2. The van der Waals surface area contributed by atoms with Gasteiger partial charge in [0.05, 0.1) is 24.7 Å². The van der Waals surface area contributed by atoms with Crippen LogP contribution in [0.5, 0.6) is 5.88 Å². The molecule has 2 saturated heterocycles. The standard InChI is InChI=1S/C20H25FN2O3.C2HF3O2/c21-18-2-1-8-22-19(18)25-12-4-17-5-13-26-20(17)6-9-23(10-7-20)14-16-3-11-24-15-16;3-2(4,5)1(6)7/h1-3,8,11,15,17H,4-7,9-10,12-14H2;(H,6,7). The molecule has 1 N–H and O–H groups in total. The van der Waals surface area contributed by atoms with Gasteiger partial charge in [-0.15, -0.1) is 0 Å². The first-order chi connectivity index (χ1) is 15.7. The predicted octanol–water partition coefficient (Wildman–Crippen LogP) is 4.29. The van der Waals surface area contributed by atoms with E-state index in [9.17, 15) is 17.6 Å². The van der Waals surface area contributed by atoms with E-state index in [4.69, 9.17) is 23.8 Å². The molecule has 2 aromatic rings. The molecule has 0 radical (unpaired) electrons. The summed E-state index contributed by atoms with van der Waals surface area (Å²) >= 11 is 0. The number of hydrogen-bond acceptors (Lipinski definition) is 6. The zero-order valence-electron chi connectivity index (χ0n) is 17.9. The van der Waals surface area contributed by atoms with Gasteiger partial charge in [-0.2, -0.15) is 13.2 Å². The highest BCUT2D eigenvalue weighted by Crippen LogP contribution is 2.42. The molecule has 1 unspecified atom stereocenters. The second kappa shape index (κ2) is 11.0. The van der Waals surface area contributed by atoms with Crippen LogP contribution in [0.4, 0.5) is 17.6 Å². The summed E-state index contributed by atoms with van der Waals surface area (Å²) in [6.07, 6.45) is 4.00. The number of likely N-dealkylation sites (tertiary alicyclic amines) is 1. The van der Waals surface area contributed by atoms with E-state index in [0.29, 0.717) is 12.5 Å². The van der Waals surface area contributed by atoms with E-state index in [0.717, 1.165) is 51.9 Å². The summed E-state index contributed by atoms with van der Waals surface area (Å²) in [6.45, 7) is 4.26. The number of furan rings is 1. The summed E-state index contributed by atoms with van der Waals surface area (Å²) in [6, 6.07) is 4.96. The Morgan fingerprint density at radius 3 is 2.64 bits per heavy atom.